The predicted molar refractivity (Wildman–Crippen MR) is 166 cm³/mol. The Morgan fingerprint density at radius 1 is 0.795 bits per heavy atom. The number of amides is 6. The first-order valence-electron chi connectivity index (χ1n) is 14.9. The van der Waals surface area contributed by atoms with Crippen molar-refractivity contribution in [1.82, 2.24) is 21.3 Å². The Morgan fingerprint density at radius 3 is 1.95 bits per heavy atom. The molecular weight excluding hydrogens is 570 g/mol. The van der Waals surface area contributed by atoms with Gasteiger partial charge in [-0.2, -0.15) is 0 Å². The average molecular weight is 620 g/mol. The van der Waals surface area contributed by atoms with Crippen LogP contribution in [0.3, 0.4) is 0 Å². The zero-order valence-corrected chi connectivity index (χ0v) is 26.5. The molecule has 0 unspecified atom stereocenters. The minimum absolute atomic E-state index is 0.0119. The summed E-state index contributed by atoms with van der Waals surface area (Å²) in [5.41, 5.74) is 11.6. The van der Waals surface area contributed by atoms with Crippen LogP contribution in [0.2, 0.25) is 0 Å². The molecule has 9 N–H and O–H groups in total. The number of esters is 1. The largest absolute Gasteiger partial charge is 0.461 e. The molecule has 246 valence electrons. The number of anilines is 1. The van der Waals surface area contributed by atoms with Gasteiger partial charge in [-0.05, 0) is 42.9 Å². The molecule has 0 heterocycles. The van der Waals surface area contributed by atoms with Crippen LogP contribution in [0.1, 0.15) is 72.8 Å². The van der Waals surface area contributed by atoms with Crippen molar-refractivity contribution < 1.29 is 33.5 Å². The number of benzene rings is 1. The molecule has 0 aliphatic carbocycles. The molecule has 1 aromatic carbocycles. The van der Waals surface area contributed by atoms with Gasteiger partial charge in [0.05, 0.1) is 12.0 Å². The molecule has 1 aromatic rings. The van der Waals surface area contributed by atoms with E-state index < -0.39 is 47.8 Å². The second kappa shape index (κ2) is 19.2. The molecule has 3 atom stereocenters. The summed E-state index contributed by atoms with van der Waals surface area (Å²) < 4.78 is 5.22. The molecule has 0 saturated carbocycles. The van der Waals surface area contributed by atoms with Crippen LogP contribution in [-0.4, -0.2) is 66.3 Å². The van der Waals surface area contributed by atoms with Crippen LogP contribution in [0.5, 0.6) is 0 Å². The molecule has 0 bridgehead atoms. The summed E-state index contributed by atoms with van der Waals surface area (Å²) in [6.07, 6.45) is 0.633. The van der Waals surface area contributed by atoms with Crippen LogP contribution >= 0.6 is 0 Å². The van der Waals surface area contributed by atoms with E-state index in [-0.39, 0.29) is 56.3 Å². The summed E-state index contributed by atoms with van der Waals surface area (Å²) in [5.74, 6) is -3.01. The number of carbonyl (C=O) groups is 6. The van der Waals surface area contributed by atoms with Crippen LogP contribution in [0.25, 0.3) is 0 Å². The third-order valence-corrected chi connectivity index (χ3v) is 6.45. The molecule has 14 heteroatoms. The van der Waals surface area contributed by atoms with Gasteiger partial charge in [-0.15, -0.1) is 0 Å². The summed E-state index contributed by atoms with van der Waals surface area (Å²) in [4.78, 5) is 74.0. The number of urea groups is 1. The Labute approximate surface area is 259 Å². The second-order valence-electron chi connectivity index (χ2n) is 11.6. The van der Waals surface area contributed by atoms with Crippen molar-refractivity contribution in [3.05, 3.63) is 29.8 Å². The number of rotatable bonds is 19. The molecular formula is C30H49N7O7. The van der Waals surface area contributed by atoms with Crippen molar-refractivity contribution in [1.29, 1.82) is 0 Å². The second-order valence-corrected chi connectivity index (χ2v) is 11.6. The molecule has 0 radical (unpaired) electrons. The molecule has 0 aliphatic rings. The molecule has 1 rings (SSSR count). The van der Waals surface area contributed by atoms with Gasteiger partial charge in [0, 0.05) is 24.7 Å². The normalized spacial score (nSPS) is 13.1. The maximum Gasteiger partial charge on any atom is 0.312 e. The monoisotopic (exact) mass is 619 g/mol. The highest BCUT2D eigenvalue weighted by Gasteiger charge is 2.31. The average Bonchev–Trinajstić information content (AvgIpc) is 2.93. The SMILES string of the molecule is CC(C)N[C@@H](CCC(N)=O)C(=O)N[C@H](C(=O)N[C@@H](CCCNC(N)=O)C(=O)Nc1ccc(COC(=O)C(C)C)cc1)C(C)C. The molecule has 0 spiro atoms. The third-order valence-electron chi connectivity index (χ3n) is 6.45. The highest BCUT2D eigenvalue weighted by Crippen LogP contribution is 2.13. The number of ether oxygens (including phenoxy) is 1. The first-order chi connectivity index (χ1) is 20.6. The highest BCUT2D eigenvalue weighted by atomic mass is 16.5. The van der Waals surface area contributed by atoms with Crippen molar-refractivity contribution in [2.75, 3.05) is 11.9 Å². The zero-order valence-electron chi connectivity index (χ0n) is 26.5. The Hall–Kier alpha value is -4.20. The molecule has 44 heavy (non-hydrogen) atoms. The summed E-state index contributed by atoms with van der Waals surface area (Å²) in [6.45, 7) is 11.0. The van der Waals surface area contributed by atoms with E-state index in [9.17, 15) is 28.8 Å². The number of hydrogen-bond acceptors (Lipinski definition) is 8. The molecule has 0 aromatic heterocycles. The first kappa shape index (κ1) is 37.8. The lowest BCUT2D eigenvalue weighted by atomic mass is 10.0. The van der Waals surface area contributed by atoms with Gasteiger partial charge in [0.15, 0.2) is 0 Å². The van der Waals surface area contributed by atoms with E-state index in [4.69, 9.17) is 16.2 Å². The Balaban J connectivity index is 3.02. The summed E-state index contributed by atoms with van der Waals surface area (Å²) in [5, 5.41) is 13.8. The number of primary amides is 2. The van der Waals surface area contributed by atoms with E-state index in [2.05, 4.69) is 26.6 Å². The summed E-state index contributed by atoms with van der Waals surface area (Å²) in [6, 6.07) is 3.17. The zero-order chi connectivity index (χ0) is 33.4. The number of nitrogens with one attached hydrogen (secondary N) is 5. The fourth-order valence-corrected chi connectivity index (χ4v) is 4.05. The Kier molecular flexibility index (Phi) is 16.5. The van der Waals surface area contributed by atoms with Gasteiger partial charge in [-0.3, -0.25) is 24.0 Å². The lowest BCUT2D eigenvalue weighted by Gasteiger charge is -2.28. The van der Waals surface area contributed by atoms with Crippen LogP contribution < -0.4 is 38.1 Å². The minimum atomic E-state index is -1.01. The Morgan fingerprint density at radius 2 is 1.43 bits per heavy atom. The van der Waals surface area contributed by atoms with Gasteiger partial charge in [-0.1, -0.05) is 53.7 Å². The molecule has 6 amide bonds. The quantitative estimate of drug-likeness (QED) is 0.0872. The Bertz CT molecular complexity index is 1120. The third kappa shape index (κ3) is 14.8. The molecule has 0 aliphatic heterocycles. The van der Waals surface area contributed by atoms with Crippen molar-refractivity contribution in [3.8, 4) is 0 Å². The van der Waals surface area contributed by atoms with E-state index in [1.165, 1.54) is 0 Å². The van der Waals surface area contributed by atoms with Crippen LogP contribution in [0.4, 0.5) is 10.5 Å². The van der Waals surface area contributed by atoms with Crippen molar-refractivity contribution in [2.45, 2.75) is 98.0 Å². The van der Waals surface area contributed by atoms with E-state index >= 15 is 0 Å². The lowest BCUT2D eigenvalue weighted by molar-refractivity contribution is -0.148. The summed E-state index contributed by atoms with van der Waals surface area (Å²) in [7, 11) is 0. The van der Waals surface area contributed by atoms with E-state index in [0.717, 1.165) is 5.56 Å². The van der Waals surface area contributed by atoms with Gasteiger partial charge in [0.2, 0.25) is 23.6 Å². The van der Waals surface area contributed by atoms with Crippen LogP contribution in [0, 0.1) is 11.8 Å². The van der Waals surface area contributed by atoms with Crippen LogP contribution in [-0.2, 0) is 35.3 Å². The number of nitrogens with two attached hydrogens (primary N) is 2. The van der Waals surface area contributed by atoms with Crippen LogP contribution in [0.15, 0.2) is 24.3 Å². The highest BCUT2D eigenvalue weighted by molar-refractivity contribution is 5.98. The molecule has 14 nitrogen and oxygen atoms in total. The fraction of sp³-hybridized carbons (Fsp3) is 0.600. The van der Waals surface area contributed by atoms with Crippen molar-refractivity contribution in [2.24, 2.45) is 23.3 Å². The van der Waals surface area contributed by atoms with Crippen molar-refractivity contribution in [3.63, 3.8) is 0 Å². The van der Waals surface area contributed by atoms with Gasteiger partial charge in [0.1, 0.15) is 18.7 Å². The topological polar surface area (TPSA) is 224 Å². The molecule has 0 saturated heterocycles. The number of carbonyl (C=O) groups excluding carboxylic acids is 6. The molecule has 0 fully saturated rings. The summed E-state index contributed by atoms with van der Waals surface area (Å²) >= 11 is 0. The van der Waals surface area contributed by atoms with Gasteiger partial charge < -0.3 is 42.8 Å². The van der Waals surface area contributed by atoms with Crippen molar-refractivity contribution >= 4 is 41.3 Å². The number of hydrogen-bond donors (Lipinski definition) is 7. The fourth-order valence-electron chi connectivity index (χ4n) is 4.05. The maximum atomic E-state index is 13.4. The van der Waals surface area contributed by atoms with Gasteiger partial charge in [0.25, 0.3) is 0 Å². The smallest absolute Gasteiger partial charge is 0.312 e. The standard InChI is InChI=1S/C30H49N7O7/c1-17(2)25(37-27(40)23(34-19(5)6)13-14-24(31)38)28(41)36-22(8-7-15-33-30(32)43)26(39)35-21-11-9-20(10-12-21)16-44-29(42)18(3)4/h9-12,17-19,22-23,25,34H,7-8,13-16H2,1-6H3,(H2,31,38)(H,35,39)(H,36,41)(H,37,40)(H3,32,33,43)/t22-,23-,25-/m0/s1. The first-order valence-corrected chi connectivity index (χ1v) is 14.9. The van der Waals surface area contributed by atoms with E-state index in [0.29, 0.717) is 12.1 Å². The lowest BCUT2D eigenvalue weighted by Crippen LogP contribution is -2.58. The van der Waals surface area contributed by atoms with Gasteiger partial charge >= 0.3 is 12.0 Å². The van der Waals surface area contributed by atoms with E-state index in [1.807, 2.05) is 13.8 Å². The predicted octanol–water partition coefficient (Wildman–Crippen LogP) is 1.03. The minimum Gasteiger partial charge on any atom is -0.461 e. The maximum absolute atomic E-state index is 13.4. The van der Waals surface area contributed by atoms with E-state index in [1.54, 1.807) is 52.0 Å². The van der Waals surface area contributed by atoms with Gasteiger partial charge in [-0.25, -0.2) is 4.79 Å².